The van der Waals surface area contributed by atoms with Gasteiger partial charge in [-0.3, -0.25) is 0 Å². The number of hydrogen-bond acceptors (Lipinski definition) is 4. The molecule has 0 aromatic heterocycles. The van der Waals surface area contributed by atoms with E-state index in [-0.39, 0.29) is 12.7 Å². The first-order valence-corrected chi connectivity index (χ1v) is 11.4. The average molecular weight is 397 g/mol. The molecule has 150 valence electrons. The SMILES string of the molecule is CS(=O)(=O)N[C@@H]1CCN(C(=O)O)[C@@H]1CO[C@H]1CC[C@@H](c2ccccc2)CC1. The highest BCUT2D eigenvalue weighted by Gasteiger charge is 2.39. The molecule has 1 amide bonds. The Morgan fingerprint density at radius 1 is 1.19 bits per heavy atom. The molecule has 3 rings (SSSR count). The highest BCUT2D eigenvalue weighted by Crippen LogP contribution is 2.34. The van der Waals surface area contributed by atoms with Crippen LogP contribution < -0.4 is 4.72 Å². The summed E-state index contributed by atoms with van der Waals surface area (Å²) < 4.78 is 31.7. The predicted octanol–water partition coefficient (Wildman–Crippen LogP) is 2.40. The van der Waals surface area contributed by atoms with Crippen molar-refractivity contribution in [3.63, 3.8) is 0 Å². The van der Waals surface area contributed by atoms with E-state index in [0.29, 0.717) is 18.9 Å². The monoisotopic (exact) mass is 396 g/mol. The molecule has 2 fully saturated rings. The van der Waals surface area contributed by atoms with Crippen LogP contribution in [0.25, 0.3) is 0 Å². The molecule has 0 spiro atoms. The molecule has 1 heterocycles. The molecular weight excluding hydrogens is 368 g/mol. The third kappa shape index (κ3) is 5.43. The Labute approximate surface area is 160 Å². The molecule has 1 saturated carbocycles. The fourth-order valence-corrected chi connectivity index (χ4v) is 5.06. The van der Waals surface area contributed by atoms with Crippen LogP contribution in [0.1, 0.15) is 43.6 Å². The number of benzene rings is 1. The third-order valence-electron chi connectivity index (χ3n) is 5.60. The Morgan fingerprint density at radius 2 is 1.85 bits per heavy atom. The van der Waals surface area contributed by atoms with E-state index < -0.39 is 28.2 Å². The van der Waals surface area contributed by atoms with E-state index in [0.717, 1.165) is 31.9 Å². The van der Waals surface area contributed by atoms with Crippen molar-refractivity contribution in [2.75, 3.05) is 19.4 Å². The normalized spacial score (nSPS) is 29.0. The topological polar surface area (TPSA) is 95.9 Å². The van der Waals surface area contributed by atoms with Crippen molar-refractivity contribution < 1.29 is 23.1 Å². The Bertz CT molecular complexity index is 732. The maximum absolute atomic E-state index is 11.6. The Morgan fingerprint density at radius 3 is 2.44 bits per heavy atom. The Kier molecular flexibility index (Phi) is 6.39. The first kappa shape index (κ1) is 20.1. The quantitative estimate of drug-likeness (QED) is 0.770. The molecule has 27 heavy (non-hydrogen) atoms. The first-order valence-electron chi connectivity index (χ1n) is 9.47. The number of nitrogens with zero attached hydrogens (tertiary/aromatic N) is 1. The van der Waals surface area contributed by atoms with Gasteiger partial charge in [-0.25, -0.2) is 17.9 Å². The van der Waals surface area contributed by atoms with Crippen LogP contribution in [0.3, 0.4) is 0 Å². The number of likely N-dealkylation sites (tertiary alicyclic amines) is 1. The summed E-state index contributed by atoms with van der Waals surface area (Å²) in [6, 6.07) is 9.56. The van der Waals surface area contributed by atoms with Gasteiger partial charge in [-0.15, -0.1) is 0 Å². The molecule has 1 aliphatic heterocycles. The second-order valence-electron chi connectivity index (χ2n) is 7.55. The molecule has 0 unspecified atom stereocenters. The molecule has 1 aromatic rings. The maximum Gasteiger partial charge on any atom is 0.407 e. The average Bonchev–Trinajstić information content (AvgIpc) is 3.02. The third-order valence-corrected chi connectivity index (χ3v) is 6.34. The summed E-state index contributed by atoms with van der Waals surface area (Å²) in [4.78, 5) is 12.8. The second-order valence-corrected chi connectivity index (χ2v) is 9.33. The van der Waals surface area contributed by atoms with Crippen LogP contribution in [0.4, 0.5) is 4.79 Å². The molecule has 1 saturated heterocycles. The van der Waals surface area contributed by atoms with E-state index in [2.05, 4.69) is 29.0 Å². The van der Waals surface area contributed by atoms with Gasteiger partial charge >= 0.3 is 6.09 Å². The number of hydrogen-bond donors (Lipinski definition) is 2. The molecular formula is C19H28N2O5S. The fourth-order valence-electron chi connectivity index (χ4n) is 4.23. The molecule has 2 N–H and O–H groups in total. The van der Waals surface area contributed by atoms with Crippen molar-refractivity contribution in [1.29, 1.82) is 0 Å². The summed E-state index contributed by atoms with van der Waals surface area (Å²) in [5, 5.41) is 9.39. The molecule has 0 bridgehead atoms. The summed E-state index contributed by atoms with van der Waals surface area (Å²) in [6.07, 6.45) is 4.59. The van der Waals surface area contributed by atoms with Gasteiger partial charge in [-0.2, -0.15) is 0 Å². The number of sulfonamides is 1. The van der Waals surface area contributed by atoms with Gasteiger partial charge in [0.25, 0.3) is 0 Å². The van der Waals surface area contributed by atoms with Crippen LogP contribution in [0.2, 0.25) is 0 Å². The van der Waals surface area contributed by atoms with Gasteiger partial charge < -0.3 is 14.7 Å². The Balaban J connectivity index is 1.53. The largest absolute Gasteiger partial charge is 0.465 e. The van der Waals surface area contributed by atoms with Crippen LogP contribution in [0.5, 0.6) is 0 Å². The van der Waals surface area contributed by atoms with Crippen LogP contribution in [-0.4, -0.2) is 62.1 Å². The molecule has 2 atom stereocenters. The van der Waals surface area contributed by atoms with Gasteiger partial charge in [0.2, 0.25) is 10.0 Å². The van der Waals surface area contributed by atoms with E-state index in [1.165, 1.54) is 10.5 Å². The molecule has 1 aliphatic carbocycles. The van der Waals surface area contributed by atoms with Crippen molar-refractivity contribution >= 4 is 16.1 Å². The number of amides is 1. The lowest BCUT2D eigenvalue weighted by molar-refractivity contribution is -0.00401. The molecule has 1 aromatic carbocycles. The van der Waals surface area contributed by atoms with Gasteiger partial charge in [0.05, 0.1) is 25.0 Å². The van der Waals surface area contributed by atoms with Gasteiger partial charge in [-0.1, -0.05) is 30.3 Å². The van der Waals surface area contributed by atoms with E-state index in [1.807, 2.05) is 6.07 Å². The zero-order valence-electron chi connectivity index (χ0n) is 15.6. The zero-order chi connectivity index (χ0) is 19.4. The minimum absolute atomic E-state index is 0.0973. The van der Waals surface area contributed by atoms with E-state index in [1.54, 1.807) is 0 Å². The number of carbonyl (C=O) groups is 1. The first-order chi connectivity index (χ1) is 12.8. The molecule has 0 radical (unpaired) electrons. The fraction of sp³-hybridized carbons (Fsp3) is 0.632. The summed E-state index contributed by atoms with van der Waals surface area (Å²) in [5.74, 6) is 0.549. The van der Waals surface area contributed by atoms with Crippen LogP contribution >= 0.6 is 0 Å². The summed E-state index contributed by atoms with van der Waals surface area (Å²) in [6.45, 7) is 0.539. The maximum atomic E-state index is 11.6. The lowest BCUT2D eigenvalue weighted by atomic mass is 9.83. The highest BCUT2D eigenvalue weighted by molar-refractivity contribution is 7.88. The van der Waals surface area contributed by atoms with Gasteiger partial charge in [0.1, 0.15) is 0 Å². The van der Waals surface area contributed by atoms with Gasteiger partial charge in [0.15, 0.2) is 0 Å². The van der Waals surface area contributed by atoms with Crippen molar-refractivity contribution in [3.05, 3.63) is 35.9 Å². The molecule has 7 nitrogen and oxygen atoms in total. The standard InChI is InChI=1S/C19H28N2O5S/c1-27(24,25)20-17-11-12-21(19(22)23)18(17)13-26-16-9-7-15(8-10-16)14-5-3-2-4-6-14/h2-6,15-18,20H,7-13H2,1H3,(H,22,23)/t15-,16+,17-,18-/m1/s1. The van der Waals surface area contributed by atoms with Crippen LogP contribution in [-0.2, 0) is 14.8 Å². The lowest BCUT2D eigenvalue weighted by Crippen LogP contribution is -2.49. The molecule has 8 heteroatoms. The minimum Gasteiger partial charge on any atom is -0.465 e. The van der Waals surface area contributed by atoms with Crippen molar-refractivity contribution in [2.24, 2.45) is 0 Å². The summed E-state index contributed by atoms with van der Waals surface area (Å²) in [5.41, 5.74) is 1.36. The van der Waals surface area contributed by atoms with Gasteiger partial charge in [-0.05, 0) is 43.6 Å². The highest BCUT2D eigenvalue weighted by atomic mass is 32.2. The predicted molar refractivity (Wildman–Crippen MR) is 102 cm³/mol. The van der Waals surface area contributed by atoms with Crippen molar-refractivity contribution in [3.8, 4) is 0 Å². The summed E-state index contributed by atoms with van der Waals surface area (Å²) >= 11 is 0. The van der Waals surface area contributed by atoms with E-state index in [4.69, 9.17) is 4.74 Å². The zero-order valence-corrected chi connectivity index (χ0v) is 16.4. The van der Waals surface area contributed by atoms with E-state index in [9.17, 15) is 18.3 Å². The number of rotatable bonds is 6. The number of nitrogens with one attached hydrogen (secondary N) is 1. The second kappa shape index (κ2) is 8.58. The number of ether oxygens (including phenoxy) is 1. The number of carboxylic acid groups (broad SMARTS) is 1. The van der Waals surface area contributed by atoms with Crippen molar-refractivity contribution in [1.82, 2.24) is 9.62 Å². The minimum atomic E-state index is -3.40. The van der Waals surface area contributed by atoms with Crippen LogP contribution in [0, 0.1) is 0 Å². The lowest BCUT2D eigenvalue weighted by Gasteiger charge is -2.32. The Hall–Kier alpha value is -1.64. The smallest absolute Gasteiger partial charge is 0.407 e. The van der Waals surface area contributed by atoms with Crippen molar-refractivity contribution in [2.45, 2.75) is 56.2 Å². The van der Waals surface area contributed by atoms with E-state index >= 15 is 0 Å². The molecule has 2 aliphatic rings. The van der Waals surface area contributed by atoms with Gasteiger partial charge in [0, 0.05) is 12.6 Å². The summed E-state index contributed by atoms with van der Waals surface area (Å²) in [7, 11) is -3.40. The van der Waals surface area contributed by atoms with Crippen LogP contribution in [0.15, 0.2) is 30.3 Å².